The van der Waals surface area contributed by atoms with Gasteiger partial charge in [0.15, 0.2) is 0 Å². The average molecular weight is 452 g/mol. The Kier molecular flexibility index (Phi) is 16.4. The van der Waals surface area contributed by atoms with Crippen molar-refractivity contribution in [1.29, 1.82) is 5.26 Å². The van der Waals surface area contributed by atoms with Crippen molar-refractivity contribution in [3.63, 3.8) is 0 Å². The molecule has 0 saturated carbocycles. The van der Waals surface area contributed by atoms with Gasteiger partial charge in [-0.1, -0.05) is 83.6 Å². The van der Waals surface area contributed by atoms with Crippen molar-refractivity contribution >= 4 is 5.69 Å². The fourth-order valence-corrected chi connectivity index (χ4v) is 3.82. The van der Waals surface area contributed by atoms with E-state index in [1.165, 1.54) is 32.1 Å². The zero-order chi connectivity index (χ0) is 23.4. The van der Waals surface area contributed by atoms with E-state index in [2.05, 4.69) is 13.0 Å². The first kappa shape index (κ1) is 28.2. The summed E-state index contributed by atoms with van der Waals surface area (Å²) in [6.07, 6.45) is 13.0. The number of alkyl halides is 2. The third-order valence-corrected chi connectivity index (χ3v) is 5.75. The van der Waals surface area contributed by atoms with Crippen LogP contribution in [0.2, 0.25) is 0 Å². The molecule has 0 atom stereocenters. The first-order chi connectivity index (χ1) is 15.6. The number of halogens is 2. The van der Waals surface area contributed by atoms with Crippen LogP contribution in [0.1, 0.15) is 109 Å². The molecule has 4 nitrogen and oxygen atoms in total. The topological polar surface area (TPSA) is 62.3 Å². The van der Waals surface area contributed by atoms with Crippen LogP contribution in [0.5, 0.6) is 5.75 Å². The molecule has 0 heterocycles. The summed E-state index contributed by atoms with van der Waals surface area (Å²) < 4.78 is 30.1. The first-order valence-electron chi connectivity index (χ1n) is 12.6. The number of anilines is 1. The summed E-state index contributed by atoms with van der Waals surface area (Å²) in [6.45, 7) is 3.51. The van der Waals surface area contributed by atoms with Crippen molar-refractivity contribution in [2.24, 2.45) is 5.84 Å². The molecule has 182 valence electrons. The van der Waals surface area contributed by atoms with E-state index in [0.29, 0.717) is 24.3 Å². The highest BCUT2D eigenvalue weighted by Gasteiger charge is 2.13. The third kappa shape index (κ3) is 12.9. The zero-order valence-electron chi connectivity index (χ0n) is 20.0. The van der Waals surface area contributed by atoms with Crippen molar-refractivity contribution in [3.05, 3.63) is 23.8 Å². The van der Waals surface area contributed by atoms with Crippen LogP contribution >= 0.6 is 0 Å². The van der Waals surface area contributed by atoms with Crippen LogP contribution in [0.3, 0.4) is 0 Å². The summed E-state index contributed by atoms with van der Waals surface area (Å²) in [4.78, 5) is 0. The van der Waals surface area contributed by atoms with Crippen LogP contribution in [-0.2, 0) is 0 Å². The van der Waals surface area contributed by atoms with Gasteiger partial charge < -0.3 is 9.75 Å². The number of nitriles is 1. The van der Waals surface area contributed by atoms with Crippen molar-refractivity contribution in [3.8, 4) is 11.8 Å². The van der Waals surface area contributed by atoms with E-state index in [1.54, 1.807) is 5.01 Å². The minimum absolute atomic E-state index is 0.0212. The lowest BCUT2D eigenvalue weighted by molar-refractivity contribution is 0.133. The van der Waals surface area contributed by atoms with E-state index in [9.17, 15) is 14.0 Å². The zero-order valence-corrected chi connectivity index (χ0v) is 20.0. The lowest BCUT2D eigenvalue weighted by atomic mass is 10.1. The Morgan fingerprint density at radius 2 is 1.50 bits per heavy atom. The van der Waals surface area contributed by atoms with E-state index in [-0.39, 0.29) is 6.42 Å². The number of hydrogen-bond donors (Lipinski definition) is 1. The highest BCUT2D eigenvalue weighted by Crippen LogP contribution is 2.28. The second-order valence-electron chi connectivity index (χ2n) is 8.58. The lowest BCUT2D eigenvalue weighted by Gasteiger charge is -2.21. The summed E-state index contributed by atoms with van der Waals surface area (Å²) in [5.74, 6) is 6.84. The standard InChI is InChI=1S/C26H43F2N3O/c1-2-3-4-5-8-11-14-20-31(30)24-17-16-18-25(23(24)22-29)32-21-15-12-9-6-7-10-13-19-26(27)28/h16-18,26H,2-15,19-21,30H2,1H3. The molecule has 0 aliphatic rings. The number of hydrogen-bond acceptors (Lipinski definition) is 4. The van der Waals surface area contributed by atoms with Crippen LogP contribution in [0.25, 0.3) is 0 Å². The Bertz CT molecular complexity index is 634. The molecule has 1 aromatic rings. The molecule has 0 amide bonds. The van der Waals surface area contributed by atoms with Gasteiger partial charge in [-0.25, -0.2) is 14.6 Å². The van der Waals surface area contributed by atoms with Gasteiger partial charge in [-0.3, -0.25) is 0 Å². The van der Waals surface area contributed by atoms with Gasteiger partial charge >= 0.3 is 0 Å². The second kappa shape index (κ2) is 18.7. The molecule has 1 rings (SSSR count). The Labute approximate surface area is 194 Å². The number of nitrogens with zero attached hydrogens (tertiary/aromatic N) is 2. The fourth-order valence-electron chi connectivity index (χ4n) is 3.82. The molecular formula is C26H43F2N3O. The quantitative estimate of drug-likeness (QED) is 0.125. The summed E-state index contributed by atoms with van der Waals surface area (Å²) in [5.41, 5.74) is 1.22. The molecule has 0 radical (unpaired) electrons. The van der Waals surface area contributed by atoms with Gasteiger partial charge in [0.2, 0.25) is 6.43 Å². The second-order valence-corrected chi connectivity index (χ2v) is 8.58. The molecule has 0 unspecified atom stereocenters. The summed E-state index contributed by atoms with van der Waals surface area (Å²) in [5, 5.41) is 11.3. The summed E-state index contributed by atoms with van der Waals surface area (Å²) in [6, 6.07) is 7.84. The minimum atomic E-state index is -2.17. The van der Waals surface area contributed by atoms with E-state index < -0.39 is 6.43 Å². The summed E-state index contributed by atoms with van der Waals surface area (Å²) >= 11 is 0. The number of hydrazine groups is 1. The Balaban J connectivity index is 2.28. The number of unbranched alkanes of at least 4 members (excludes halogenated alkanes) is 12. The largest absolute Gasteiger partial charge is 0.492 e. The molecule has 1 aromatic carbocycles. The molecule has 6 heteroatoms. The SMILES string of the molecule is CCCCCCCCCN(N)c1cccc(OCCCCCCCCCC(F)F)c1C#N. The molecular weight excluding hydrogens is 408 g/mol. The minimum Gasteiger partial charge on any atom is -0.492 e. The number of benzene rings is 1. The Morgan fingerprint density at radius 3 is 2.12 bits per heavy atom. The molecule has 0 fully saturated rings. The van der Waals surface area contributed by atoms with Gasteiger partial charge in [0, 0.05) is 13.0 Å². The maximum atomic E-state index is 12.1. The van der Waals surface area contributed by atoms with Gasteiger partial charge in [-0.2, -0.15) is 5.26 Å². The van der Waals surface area contributed by atoms with Crippen molar-refractivity contribution in [2.75, 3.05) is 18.2 Å². The van der Waals surface area contributed by atoms with Crippen LogP contribution in [0, 0.1) is 11.3 Å². The van der Waals surface area contributed by atoms with E-state index in [4.69, 9.17) is 10.6 Å². The van der Waals surface area contributed by atoms with Crippen molar-refractivity contribution in [1.82, 2.24) is 0 Å². The van der Waals surface area contributed by atoms with E-state index in [1.807, 2.05) is 18.2 Å². The number of rotatable bonds is 20. The van der Waals surface area contributed by atoms with Crippen LogP contribution in [0.15, 0.2) is 18.2 Å². The molecule has 0 aliphatic carbocycles. The lowest BCUT2D eigenvalue weighted by Crippen LogP contribution is -2.32. The highest BCUT2D eigenvalue weighted by atomic mass is 19.3. The van der Waals surface area contributed by atoms with Gasteiger partial charge in [-0.15, -0.1) is 0 Å². The van der Waals surface area contributed by atoms with Crippen LogP contribution in [-0.4, -0.2) is 19.6 Å². The maximum Gasteiger partial charge on any atom is 0.238 e. The third-order valence-electron chi connectivity index (χ3n) is 5.75. The fraction of sp³-hybridized carbons (Fsp3) is 0.731. The molecule has 0 aromatic heterocycles. The highest BCUT2D eigenvalue weighted by molar-refractivity contribution is 5.64. The van der Waals surface area contributed by atoms with Crippen LogP contribution in [0.4, 0.5) is 14.5 Å². The molecule has 0 bridgehead atoms. The van der Waals surface area contributed by atoms with Gasteiger partial charge in [-0.05, 0) is 31.4 Å². The number of nitrogens with two attached hydrogens (primary N) is 1. The average Bonchev–Trinajstić information content (AvgIpc) is 2.79. The summed E-state index contributed by atoms with van der Waals surface area (Å²) in [7, 11) is 0. The molecule has 0 saturated heterocycles. The normalized spacial score (nSPS) is 11.0. The Morgan fingerprint density at radius 1 is 0.906 bits per heavy atom. The molecule has 32 heavy (non-hydrogen) atoms. The first-order valence-corrected chi connectivity index (χ1v) is 12.6. The van der Waals surface area contributed by atoms with Crippen molar-refractivity contribution < 1.29 is 13.5 Å². The van der Waals surface area contributed by atoms with Crippen molar-refractivity contribution in [2.45, 2.75) is 110 Å². The van der Waals surface area contributed by atoms with Gasteiger partial charge in [0.25, 0.3) is 0 Å². The molecule has 0 aliphatic heterocycles. The molecule has 0 spiro atoms. The van der Waals surface area contributed by atoms with E-state index >= 15 is 0 Å². The maximum absolute atomic E-state index is 12.1. The van der Waals surface area contributed by atoms with Gasteiger partial charge in [0.1, 0.15) is 17.4 Å². The predicted molar refractivity (Wildman–Crippen MR) is 129 cm³/mol. The monoisotopic (exact) mass is 451 g/mol. The van der Waals surface area contributed by atoms with Gasteiger partial charge in [0.05, 0.1) is 12.3 Å². The van der Waals surface area contributed by atoms with E-state index in [0.717, 1.165) is 63.6 Å². The smallest absolute Gasteiger partial charge is 0.238 e. The van der Waals surface area contributed by atoms with Crippen LogP contribution < -0.4 is 15.6 Å². The molecule has 2 N–H and O–H groups in total. The Hall–Kier alpha value is -1.87. The number of ether oxygens (including phenoxy) is 1. The predicted octanol–water partition coefficient (Wildman–Crippen LogP) is 7.75.